The van der Waals surface area contributed by atoms with E-state index in [2.05, 4.69) is 25.6 Å². The van der Waals surface area contributed by atoms with Gasteiger partial charge < -0.3 is 19.8 Å². The molecule has 0 spiro atoms. The average Bonchev–Trinajstić information content (AvgIpc) is 3.26. The summed E-state index contributed by atoms with van der Waals surface area (Å²) in [4.78, 5) is 12.2. The first-order valence-electron chi connectivity index (χ1n) is 8.60. The highest BCUT2D eigenvalue weighted by Crippen LogP contribution is 2.31. The maximum Gasteiger partial charge on any atom is 0.573 e. The number of hydrogen-bond donors (Lipinski definition) is 2. The lowest BCUT2D eigenvalue weighted by molar-refractivity contribution is -0.274. The highest BCUT2D eigenvalue weighted by Gasteiger charge is 2.31. The zero-order valence-corrected chi connectivity index (χ0v) is 14.6. The predicted octanol–water partition coefficient (Wildman–Crippen LogP) is 2.68. The van der Waals surface area contributed by atoms with E-state index in [0.29, 0.717) is 18.5 Å². The smallest absolute Gasteiger partial charge is 0.412 e. The van der Waals surface area contributed by atoms with Crippen LogP contribution in [0.15, 0.2) is 22.6 Å². The predicted molar refractivity (Wildman–Crippen MR) is 89.2 cm³/mol. The van der Waals surface area contributed by atoms with Crippen molar-refractivity contribution in [3.8, 4) is 17.2 Å². The van der Waals surface area contributed by atoms with E-state index in [1.165, 1.54) is 18.2 Å². The molecule has 1 aliphatic rings. The Labute approximate surface area is 153 Å². The summed E-state index contributed by atoms with van der Waals surface area (Å²) in [5, 5.41) is 13.5. The maximum absolute atomic E-state index is 12.5. The third-order valence-electron chi connectivity index (χ3n) is 4.08. The maximum atomic E-state index is 12.5. The van der Waals surface area contributed by atoms with Crippen LogP contribution in [0.5, 0.6) is 5.75 Å². The molecule has 3 rings (SSSR count). The Kier molecular flexibility index (Phi) is 5.64. The minimum atomic E-state index is -4.81. The van der Waals surface area contributed by atoms with Crippen LogP contribution in [0, 0.1) is 0 Å². The van der Waals surface area contributed by atoms with Crippen molar-refractivity contribution < 1.29 is 27.1 Å². The van der Waals surface area contributed by atoms with Crippen molar-refractivity contribution in [2.24, 2.45) is 0 Å². The van der Waals surface area contributed by atoms with Crippen LogP contribution in [0.2, 0.25) is 0 Å². The number of benzene rings is 1. The molecule has 0 aliphatic carbocycles. The fourth-order valence-electron chi connectivity index (χ4n) is 2.89. The lowest BCUT2D eigenvalue weighted by atomic mass is 10.0. The number of ether oxygens (including phenoxy) is 1. The molecule has 1 unspecified atom stereocenters. The number of nitrogens with one attached hydrogen (secondary N) is 2. The van der Waals surface area contributed by atoms with Gasteiger partial charge in [0.2, 0.25) is 5.89 Å². The second-order valence-corrected chi connectivity index (χ2v) is 6.19. The minimum absolute atomic E-state index is 0.0213. The van der Waals surface area contributed by atoms with Crippen LogP contribution in [0.3, 0.4) is 0 Å². The summed E-state index contributed by atoms with van der Waals surface area (Å²) in [5.74, 6) is -1.16. The van der Waals surface area contributed by atoms with E-state index in [-0.39, 0.29) is 17.8 Å². The molecule has 1 atom stereocenters. The van der Waals surface area contributed by atoms with Gasteiger partial charge in [-0.05, 0) is 37.1 Å². The van der Waals surface area contributed by atoms with E-state index in [9.17, 15) is 18.0 Å². The number of aryl methyl sites for hydroxylation is 1. The summed E-state index contributed by atoms with van der Waals surface area (Å²) in [6.45, 7) is 3.41. The third-order valence-corrected chi connectivity index (χ3v) is 4.08. The molecular weight excluding hydrogens is 365 g/mol. The Hall–Kier alpha value is -2.62. The molecule has 1 aromatic carbocycles. The van der Waals surface area contributed by atoms with Gasteiger partial charge in [0.25, 0.3) is 0 Å². The average molecular weight is 384 g/mol. The standard InChI is InChI=1S/C17H19F3N4O3/c1-2-3-10-4-5-12(27-17(18,19)20)8-13(10)15-23-24-16(26-15)14(25)22-11-6-7-21-9-11/h4-5,8,11,21H,2-3,6-7,9H2,1H3,(H,22,25). The van der Waals surface area contributed by atoms with E-state index in [1.807, 2.05) is 6.92 Å². The zero-order valence-electron chi connectivity index (χ0n) is 14.6. The Morgan fingerprint density at radius 1 is 1.41 bits per heavy atom. The van der Waals surface area contributed by atoms with Crippen molar-refractivity contribution in [2.75, 3.05) is 13.1 Å². The lowest BCUT2D eigenvalue weighted by Gasteiger charge is -2.12. The number of amides is 1. The molecule has 2 N–H and O–H groups in total. The van der Waals surface area contributed by atoms with Crippen molar-refractivity contribution in [1.29, 1.82) is 0 Å². The number of rotatable bonds is 6. The molecule has 0 radical (unpaired) electrons. The molecule has 146 valence electrons. The quantitative estimate of drug-likeness (QED) is 0.796. The second-order valence-electron chi connectivity index (χ2n) is 6.19. The van der Waals surface area contributed by atoms with Crippen molar-refractivity contribution in [3.63, 3.8) is 0 Å². The number of aromatic nitrogens is 2. The molecule has 10 heteroatoms. The normalized spacial score (nSPS) is 17.1. The van der Waals surface area contributed by atoms with Crippen molar-refractivity contribution in [3.05, 3.63) is 29.7 Å². The molecule has 1 amide bonds. The molecule has 0 bridgehead atoms. The Bertz CT molecular complexity index is 801. The summed E-state index contributed by atoms with van der Waals surface area (Å²) in [7, 11) is 0. The summed E-state index contributed by atoms with van der Waals surface area (Å²) in [5.41, 5.74) is 1.04. The number of nitrogens with zero attached hydrogens (tertiary/aromatic N) is 2. The summed E-state index contributed by atoms with van der Waals surface area (Å²) < 4.78 is 46.9. The van der Waals surface area contributed by atoms with E-state index in [0.717, 1.165) is 24.9 Å². The first-order valence-corrected chi connectivity index (χ1v) is 8.60. The van der Waals surface area contributed by atoms with Crippen molar-refractivity contribution in [2.45, 2.75) is 38.6 Å². The van der Waals surface area contributed by atoms with Gasteiger partial charge in [-0.1, -0.05) is 19.4 Å². The third kappa shape index (κ3) is 4.97. The Balaban J connectivity index is 1.84. The Morgan fingerprint density at radius 3 is 2.89 bits per heavy atom. The van der Waals surface area contributed by atoms with Crippen molar-refractivity contribution >= 4 is 5.91 Å². The first kappa shape index (κ1) is 19.2. The van der Waals surface area contributed by atoms with Crippen LogP contribution in [0.25, 0.3) is 11.5 Å². The number of alkyl halides is 3. The molecule has 7 nitrogen and oxygen atoms in total. The molecule has 1 fully saturated rings. The van der Waals surface area contributed by atoms with Gasteiger partial charge in [-0.15, -0.1) is 23.4 Å². The molecule has 2 heterocycles. The van der Waals surface area contributed by atoms with Gasteiger partial charge in [-0.3, -0.25) is 4.79 Å². The fraction of sp³-hybridized carbons (Fsp3) is 0.471. The highest BCUT2D eigenvalue weighted by molar-refractivity contribution is 5.90. The minimum Gasteiger partial charge on any atom is -0.412 e. The Morgan fingerprint density at radius 2 is 2.22 bits per heavy atom. The molecule has 27 heavy (non-hydrogen) atoms. The number of hydrogen-bond acceptors (Lipinski definition) is 6. The highest BCUT2D eigenvalue weighted by atomic mass is 19.4. The van der Waals surface area contributed by atoms with Crippen LogP contribution < -0.4 is 15.4 Å². The molecular formula is C17H19F3N4O3. The van der Waals surface area contributed by atoms with Gasteiger partial charge >= 0.3 is 18.2 Å². The van der Waals surface area contributed by atoms with Gasteiger partial charge in [0.15, 0.2) is 0 Å². The topological polar surface area (TPSA) is 89.3 Å². The summed E-state index contributed by atoms with van der Waals surface area (Å²) in [6, 6.07) is 3.92. The van der Waals surface area contributed by atoms with Gasteiger partial charge in [0.05, 0.1) is 0 Å². The monoisotopic (exact) mass is 384 g/mol. The SMILES string of the molecule is CCCc1ccc(OC(F)(F)F)cc1-c1nnc(C(=O)NC2CCNC2)o1. The number of carbonyl (C=O) groups is 1. The molecule has 0 saturated carbocycles. The van der Waals surface area contributed by atoms with E-state index < -0.39 is 18.0 Å². The lowest BCUT2D eigenvalue weighted by Crippen LogP contribution is -2.36. The van der Waals surface area contributed by atoms with Crippen molar-refractivity contribution in [1.82, 2.24) is 20.8 Å². The molecule has 1 aliphatic heterocycles. The molecule has 1 saturated heterocycles. The van der Waals surface area contributed by atoms with Gasteiger partial charge in [0, 0.05) is 18.2 Å². The van der Waals surface area contributed by atoms with Gasteiger partial charge in [-0.2, -0.15) is 0 Å². The van der Waals surface area contributed by atoms with E-state index in [4.69, 9.17) is 4.42 Å². The van der Waals surface area contributed by atoms with E-state index in [1.54, 1.807) is 0 Å². The van der Waals surface area contributed by atoms with Crippen LogP contribution in [0.4, 0.5) is 13.2 Å². The van der Waals surface area contributed by atoms with Gasteiger partial charge in [-0.25, -0.2) is 0 Å². The summed E-state index contributed by atoms with van der Waals surface area (Å²) in [6.07, 6.45) is -2.65. The van der Waals surface area contributed by atoms with Crippen LogP contribution >= 0.6 is 0 Å². The second kappa shape index (κ2) is 7.95. The summed E-state index contributed by atoms with van der Waals surface area (Å²) >= 11 is 0. The molecule has 1 aromatic heterocycles. The first-order chi connectivity index (χ1) is 12.9. The van der Waals surface area contributed by atoms with Crippen LogP contribution in [-0.4, -0.2) is 41.6 Å². The zero-order chi connectivity index (χ0) is 19.4. The van der Waals surface area contributed by atoms with E-state index >= 15 is 0 Å². The van der Waals surface area contributed by atoms with Crippen LogP contribution in [-0.2, 0) is 6.42 Å². The van der Waals surface area contributed by atoms with Crippen LogP contribution in [0.1, 0.15) is 36.0 Å². The number of carbonyl (C=O) groups excluding carboxylic acids is 1. The van der Waals surface area contributed by atoms with Gasteiger partial charge in [0.1, 0.15) is 5.75 Å². The number of halogens is 3. The largest absolute Gasteiger partial charge is 0.573 e. The fourth-order valence-corrected chi connectivity index (χ4v) is 2.89. The molecule has 2 aromatic rings.